The third-order valence-electron chi connectivity index (χ3n) is 4.68. The second kappa shape index (κ2) is 4.29. The van der Waals surface area contributed by atoms with Gasteiger partial charge in [-0.3, -0.25) is 4.79 Å². The van der Waals surface area contributed by atoms with Crippen molar-refractivity contribution >= 4 is 5.78 Å². The summed E-state index contributed by atoms with van der Waals surface area (Å²) in [4.78, 5) is 12.5. The van der Waals surface area contributed by atoms with Crippen LogP contribution in [-0.2, 0) is 17.6 Å². The molecule has 0 aromatic heterocycles. The van der Waals surface area contributed by atoms with Crippen molar-refractivity contribution in [2.45, 2.75) is 39.0 Å². The van der Waals surface area contributed by atoms with Crippen molar-refractivity contribution in [3.05, 3.63) is 35.4 Å². The van der Waals surface area contributed by atoms with Gasteiger partial charge in [0.05, 0.1) is 0 Å². The minimum absolute atomic E-state index is 0.276. The van der Waals surface area contributed by atoms with Crippen LogP contribution in [0.4, 0.5) is 0 Å². The van der Waals surface area contributed by atoms with E-state index in [1.165, 1.54) is 24.0 Å². The highest BCUT2D eigenvalue weighted by molar-refractivity contribution is 5.85. The fourth-order valence-electron chi connectivity index (χ4n) is 3.63. The summed E-state index contributed by atoms with van der Waals surface area (Å²) in [6.45, 7) is 2.25. The van der Waals surface area contributed by atoms with Gasteiger partial charge in [-0.2, -0.15) is 0 Å². The number of hydrogen-bond acceptors (Lipinski definition) is 1. The summed E-state index contributed by atoms with van der Waals surface area (Å²) in [7, 11) is 0. The highest BCUT2D eigenvalue weighted by Gasteiger charge is 2.36. The normalized spacial score (nSPS) is 28.3. The summed E-state index contributed by atoms with van der Waals surface area (Å²) in [5.41, 5.74) is 2.80. The molecule has 3 rings (SSSR count). The molecule has 1 aromatic carbocycles. The van der Waals surface area contributed by atoms with Gasteiger partial charge in [0.15, 0.2) is 0 Å². The van der Waals surface area contributed by atoms with Crippen molar-refractivity contribution in [1.29, 1.82) is 0 Å². The number of carbonyl (C=O) groups excluding carboxylic acids is 1. The van der Waals surface area contributed by atoms with Crippen molar-refractivity contribution in [3.8, 4) is 0 Å². The Balaban J connectivity index is 1.74. The first-order valence-electron chi connectivity index (χ1n) is 6.86. The molecule has 17 heavy (non-hydrogen) atoms. The number of rotatable bonds is 2. The SMILES string of the molecule is CC1CCCC1C(=O)C1Cc2ccccc2C1. The van der Waals surface area contributed by atoms with Crippen LogP contribution in [0.25, 0.3) is 0 Å². The smallest absolute Gasteiger partial charge is 0.139 e. The van der Waals surface area contributed by atoms with E-state index in [1.807, 2.05) is 0 Å². The highest BCUT2D eigenvalue weighted by atomic mass is 16.1. The molecule has 0 spiro atoms. The van der Waals surface area contributed by atoms with Crippen LogP contribution in [0.3, 0.4) is 0 Å². The van der Waals surface area contributed by atoms with Crippen molar-refractivity contribution in [1.82, 2.24) is 0 Å². The van der Waals surface area contributed by atoms with Gasteiger partial charge in [0.25, 0.3) is 0 Å². The molecule has 0 N–H and O–H groups in total. The number of carbonyl (C=O) groups is 1. The minimum Gasteiger partial charge on any atom is -0.299 e. The summed E-state index contributed by atoms with van der Waals surface area (Å²) in [6, 6.07) is 8.54. The molecule has 1 nitrogen and oxygen atoms in total. The van der Waals surface area contributed by atoms with Crippen LogP contribution < -0.4 is 0 Å². The minimum atomic E-state index is 0.276. The van der Waals surface area contributed by atoms with Crippen molar-refractivity contribution < 1.29 is 4.79 Å². The van der Waals surface area contributed by atoms with Gasteiger partial charge in [-0.15, -0.1) is 0 Å². The molecule has 0 radical (unpaired) electrons. The third kappa shape index (κ3) is 1.92. The average molecular weight is 228 g/mol. The Bertz CT molecular complexity index is 410. The molecule has 2 aliphatic rings. The molecule has 0 heterocycles. The van der Waals surface area contributed by atoms with Crippen LogP contribution in [0.5, 0.6) is 0 Å². The molecule has 2 unspecified atom stereocenters. The Hall–Kier alpha value is -1.11. The largest absolute Gasteiger partial charge is 0.299 e. The fourth-order valence-corrected chi connectivity index (χ4v) is 3.63. The van der Waals surface area contributed by atoms with E-state index >= 15 is 0 Å². The van der Waals surface area contributed by atoms with Gasteiger partial charge in [-0.25, -0.2) is 0 Å². The zero-order valence-electron chi connectivity index (χ0n) is 10.5. The van der Waals surface area contributed by atoms with Crippen LogP contribution in [0.1, 0.15) is 37.3 Å². The molecule has 0 aliphatic heterocycles. The van der Waals surface area contributed by atoms with Crippen molar-refractivity contribution in [3.63, 3.8) is 0 Å². The first-order valence-corrected chi connectivity index (χ1v) is 6.86. The Morgan fingerprint density at radius 2 is 1.76 bits per heavy atom. The molecular formula is C16H20O. The molecule has 90 valence electrons. The van der Waals surface area contributed by atoms with Crippen molar-refractivity contribution in [2.75, 3.05) is 0 Å². The molecule has 0 saturated heterocycles. The van der Waals surface area contributed by atoms with Crippen LogP contribution in [-0.4, -0.2) is 5.78 Å². The second-order valence-corrected chi connectivity index (χ2v) is 5.79. The molecule has 1 saturated carbocycles. The zero-order chi connectivity index (χ0) is 11.8. The third-order valence-corrected chi connectivity index (χ3v) is 4.68. The molecular weight excluding hydrogens is 208 g/mol. The summed E-state index contributed by atoms with van der Waals surface area (Å²) < 4.78 is 0. The lowest BCUT2D eigenvalue weighted by Crippen LogP contribution is -2.25. The molecule has 0 bridgehead atoms. The maximum absolute atomic E-state index is 12.5. The van der Waals surface area contributed by atoms with Gasteiger partial charge >= 0.3 is 0 Å². The summed E-state index contributed by atoms with van der Waals surface area (Å²) in [5.74, 6) is 1.80. The number of hydrogen-bond donors (Lipinski definition) is 0. The monoisotopic (exact) mass is 228 g/mol. The molecule has 2 aliphatic carbocycles. The molecule has 1 heteroatoms. The predicted octanol–water partition coefficient (Wildman–Crippen LogP) is 3.41. The van der Waals surface area contributed by atoms with Gasteiger partial charge in [-0.1, -0.05) is 37.6 Å². The number of Topliss-reactive ketones (excluding diaryl/α,β-unsaturated/α-hetero) is 1. The highest BCUT2D eigenvalue weighted by Crippen LogP contribution is 2.37. The van der Waals surface area contributed by atoms with E-state index in [9.17, 15) is 4.79 Å². The first kappa shape index (κ1) is 11.0. The topological polar surface area (TPSA) is 17.1 Å². The first-order chi connectivity index (χ1) is 8.25. The lowest BCUT2D eigenvalue weighted by Gasteiger charge is -2.18. The van der Waals surface area contributed by atoms with Gasteiger partial charge < -0.3 is 0 Å². The Morgan fingerprint density at radius 1 is 1.12 bits per heavy atom. The fraction of sp³-hybridized carbons (Fsp3) is 0.562. The summed E-state index contributed by atoms with van der Waals surface area (Å²) >= 11 is 0. The Kier molecular flexibility index (Phi) is 2.78. The van der Waals surface area contributed by atoms with Crippen LogP contribution >= 0.6 is 0 Å². The van der Waals surface area contributed by atoms with Crippen LogP contribution in [0.2, 0.25) is 0 Å². The van der Waals surface area contributed by atoms with Gasteiger partial charge in [0.2, 0.25) is 0 Å². The summed E-state index contributed by atoms with van der Waals surface area (Å²) in [6.07, 6.45) is 5.59. The zero-order valence-corrected chi connectivity index (χ0v) is 10.5. The van der Waals surface area contributed by atoms with Crippen LogP contribution in [0, 0.1) is 17.8 Å². The molecule has 1 aromatic rings. The summed E-state index contributed by atoms with van der Waals surface area (Å²) in [5, 5.41) is 0. The van der Waals surface area contributed by atoms with Gasteiger partial charge in [0.1, 0.15) is 5.78 Å². The Labute approximate surface area is 103 Å². The van der Waals surface area contributed by atoms with E-state index < -0.39 is 0 Å². The molecule has 0 amide bonds. The van der Waals surface area contributed by atoms with Gasteiger partial charge in [-0.05, 0) is 42.7 Å². The van der Waals surface area contributed by atoms with E-state index in [4.69, 9.17) is 0 Å². The average Bonchev–Trinajstić information content (AvgIpc) is 2.93. The predicted molar refractivity (Wildman–Crippen MR) is 68.9 cm³/mol. The molecule has 1 fully saturated rings. The van der Waals surface area contributed by atoms with E-state index in [-0.39, 0.29) is 5.92 Å². The van der Waals surface area contributed by atoms with Crippen molar-refractivity contribution in [2.24, 2.45) is 17.8 Å². The lowest BCUT2D eigenvalue weighted by atomic mass is 9.85. The van der Waals surface area contributed by atoms with E-state index in [2.05, 4.69) is 31.2 Å². The van der Waals surface area contributed by atoms with Gasteiger partial charge in [0, 0.05) is 11.8 Å². The number of fused-ring (bicyclic) bond motifs is 1. The van der Waals surface area contributed by atoms with E-state index in [0.717, 1.165) is 19.3 Å². The lowest BCUT2D eigenvalue weighted by molar-refractivity contribution is -0.127. The Morgan fingerprint density at radius 3 is 2.29 bits per heavy atom. The number of benzene rings is 1. The second-order valence-electron chi connectivity index (χ2n) is 5.79. The maximum Gasteiger partial charge on any atom is 0.139 e. The maximum atomic E-state index is 12.5. The van der Waals surface area contributed by atoms with Crippen LogP contribution in [0.15, 0.2) is 24.3 Å². The standard InChI is InChI=1S/C16H20O/c1-11-5-4-8-15(11)16(17)14-9-12-6-2-3-7-13(12)10-14/h2-3,6-7,11,14-15H,4-5,8-10H2,1H3. The molecule has 2 atom stereocenters. The number of ketones is 1. The van der Waals surface area contributed by atoms with E-state index in [1.54, 1.807) is 0 Å². The van der Waals surface area contributed by atoms with E-state index in [0.29, 0.717) is 17.6 Å². The quantitative estimate of drug-likeness (QED) is 0.758.